The van der Waals surface area contributed by atoms with Crippen molar-refractivity contribution in [2.75, 3.05) is 4.72 Å². The summed E-state index contributed by atoms with van der Waals surface area (Å²) in [6.45, 7) is 0.137. The Hall–Kier alpha value is -4.57. The quantitative estimate of drug-likeness (QED) is 0.322. The van der Waals surface area contributed by atoms with Crippen molar-refractivity contribution >= 4 is 27.5 Å². The van der Waals surface area contributed by atoms with Gasteiger partial charge in [0.2, 0.25) is 0 Å². The summed E-state index contributed by atoms with van der Waals surface area (Å²) < 4.78 is 38.5. The van der Waals surface area contributed by atoms with E-state index in [4.69, 9.17) is 9.15 Å². The number of anilines is 1. The smallest absolute Gasteiger partial charge is 0.305 e. The molecule has 1 heterocycles. The lowest BCUT2D eigenvalue weighted by molar-refractivity contribution is 0.0828. The molecule has 3 aromatic carbocycles. The first kappa shape index (κ1) is 23.6. The summed E-state index contributed by atoms with van der Waals surface area (Å²) in [5.74, 6) is -0.193. The van der Waals surface area contributed by atoms with E-state index in [2.05, 4.69) is 15.6 Å². The van der Waals surface area contributed by atoms with Crippen molar-refractivity contribution < 1.29 is 27.2 Å². The van der Waals surface area contributed by atoms with Crippen LogP contribution in [0.4, 0.5) is 5.69 Å². The van der Waals surface area contributed by atoms with Crippen LogP contribution in [-0.2, 0) is 16.6 Å². The monoisotopic (exact) mass is 491 g/mol. The molecule has 178 valence electrons. The minimum absolute atomic E-state index is 0.00890. The second kappa shape index (κ2) is 10.6. The predicted octanol–water partition coefficient (Wildman–Crippen LogP) is 3.73. The van der Waals surface area contributed by atoms with Gasteiger partial charge in [0, 0.05) is 11.3 Å². The van der Waals surface area contributed by atoms with E-state index >= 15 is 0 Å². The van der Waals surface area contributed by atoms with Crippen LogP contribution in [0.3, 0.4) is 0 Å². The van der Waals surface area contributed by atoms with Gasteiger partial charge in [-0.15, -0.1) is 0 Å². The second-order valence-electron chi connectivity index (χ2n) is 7.27. The highest BCUT2D eigenvalue weighted by atomic mass is 32.2. The number of carbonyl (C=O) groups excluding carboxylic acids is 2. The summed E-state index contributed by atoms with van der Waals surface area (Å²) in [5, 5.41) is 0. The normalized spacial score (nSPS) is 10.9. The largest absolute Gasteiger partial charge is 0.486 e. The number of hydrogen-bond acceptors (Lipinski definition) is 6. The minimum atomic E-state index is -3.81. The Kier molecular flexibility index (Phi) is 7.12. The number of hydrazine groups is 1. The van der Waals surface area contributed by atoms with Gasteiger partial charge < -0.3 is 9.15 Å². The Morgan fingerprint density at radius 3 is 2.06 bits per heavy atom. The molecule has 0 radical (unpaired) electrons. The average molecular weight is 492 g/mol. The molecule has 0 aliphatic heterocycles. The van der Waals surface area contributed by atoms with Crippen LogP contribution >= 0.6 is 0 Å². The number of furan rings is 1. The molecule has 2 amide bonds. The second-order valence-corrected chi connectivity index (χ2v) is 8.95. The van der Waals surface area contributed by atoms with Crippen molar-refractivity contribution in [1.82, 2.24) is 10.9 Å². The van der Waals surface area contributed by atoms with Crippen molar-refractivity contribution in [2.45, 2.75) is 11.5 Å². The Morgan fingerprint density at radius 1 is 0.743 bits per heavy atom. The van der Waals surface area contributed by atoms with Gasteiger partial charge in [-0.1, -0.05) is 36.4 Å². The molecule has 4 rings (SSSR count). The standard InChI is InChI=1S/C25H21N3O6S/c29-24(18-11-14-22(15-12-18)35(31,32)28-19-7-3-1-4-8-19)26-27-25(30)23-16-13-21(34-23)17-33-20-9-5-2-6-10-20/h1-16,28H,17H2,(H,26,29)(H,27,30). The molecule has 9 nitrogen and oxygen atoms in total. The number of nitrogens with one attached hydrogen (secondary N) is 3. The number of sulfonamides is 1. The Labute approximate surface area is 201 Å². The third-order valence-electron chi connectivity index (χ3n) is 4.75. The molecule has 10 heteroatoms. The zero-order valence-electron chi connectivity index (χ0n) is 18.3. The molecular weight excluding hydrogens is 470 g/mol. The van der Waals surface area contributed by atoms with E-state index in [1.165, 1.54) is 30.3 Å². The SMILES string of the molecule is O=C(NNC(=O)c1ccc(COc2ccccc2)o1)c1ccc(S(=O)(=O)Nc2ccccc2)cc1. The Bertz CT molecular complexity index is 1400. The fourth-order valence-corrected chi connectivity index (χ4v) is 4.06. The first-order valence-corrected chi connectivity index (χ1v) is 11.9. The number of amides is 2. The average Bonchev–Trinajstić information content (AvgIpc) is 3.36. The fourth-order valence-electron chi connectivity index (χ4n) is 3.00. The van der Waals surface area contributed by atoms with Crippen molar-refractivity contribution in [3.63, 3.8) is 0 Å². The molecule has 0 spiro atoms. The maximum atomic E-state index is 12.5. The van der Waals surface area contributed by atoms with E-state index in [0.29, 0.717) is 17.2 Å². The highest BCUT2D eigenvalue weighted by molar-refractivity contribution is 7.92. The summed E-state index contributed by atoms with van der Waals surface area (Å²) in [7, 11) is -3.81. The molecule has 0 saturated heterocycles. The van der Waals surface area contributed by atoms with Gasteiger partial charge in [0.15, 0.2) is 5.76 Å². The molecule has 0 atom stereocenters. The van der Waals surface area contributed by atoms with Crippen LogP contribution in [-0.4, -0.2) is 20.2 Å². The molecule has 0 aliphatic rings. The fraction of sp³-hybridized carbons (Fsp3) is 0.0400. The molecule has 4 aromatic rings. The first-order valence-electron chi connectivity index (χ1n) is 10.5. The van der Waals surface area contributed by atoms with Crippen LogP contribution in [0.2, 0.25) is 0 Å². The molecule has 0 aliphatic carbocycles. The van der Waals surface area contributed by atoms with E-state index in [-0.39, 0.29) is 22.8 Å². The topological polar surface area (TPSA) is 127 Å². The Balaban J connectivity index is 1.30. The van der Waals surface area contributed by atoms with E-state index in [1.54, 1.807) is 48.5 Å². The number of hydrogen-bond donors (Lipinski definition) is 3. The molecular formula is C25H21N3O6S. The van der Waals surface area contributed by atoms with Crippen molar-refractivity contribution in [3.05, 3.63) is 114 Å². The Morgan fingerprint density at radius 2 is 1.37 bits per heavy atom. The van der Waals surface area contributed by atoms with Gasteiger partial charge in [-0.05, 0) is 60.7 Å². The lowest BCUT2D eigenvalue weighted by Crippen LogP contribution is -2.41. The number of benzene rings is 3. The highest BCUT2D eigenvalue weighted by Crippen LogP contribution is 2.17. The lowest BCUT2D eigenvalue weighted by atomic mass is 10.2. The van der Waals surface area contributed by atoms with Gasteiger partial charge in [0.1, 0.15) is 18.1 Å². The summed E-state index contributed by atoms with van der Waals surface area (Å²) in [6, 6.07) is 25.9. The van der Waals surface area contributed by atoms with E-state index in [9.17, 15) is 18.0 Å². The number of carbonyl (C=O) groups is 2. The molecule has 0 unspecified atom stereocenters. The van der Waals surface area contributed by atoms with Gasteiger partial charge in [-0.3, -0.25) is 25.2 Å². The van der Waals surface area contributed by atoms with Crippen molar-refractivity contribution in [3.8, 4) is 5.75 Å². The molecule has 0 bridgehead atoms. The molecule has 35 heavy (non-hydrogen) atoms. The maximum Gasteiger partial charge on any atom is 0.305 e. The zero-order valence-corrected chi connectivity index (χ0v) is 19.1. The van der Waals surface area contributed by atoms with E-state index < -0.39 is 21.8 Å². The lowest BCUT2D eigenvalue weighted by Gasteiger charge is -2.09. The van der Waals surface area contributed by atoms with Crippen LogP contribution in [0, 0.1) is 0 Å². The summed E-state index contributed by atoms with van der Waals surface area (Å²) in [5.41, 5.74) is 5.10. The summed E-state index contributed by atoms with van der Waals surface area (Å²) in [6.07, 6.45) is 0. The van der Waals surface area contributed by atoms with Crippen molar-refractivity contribution in [1.29, 1.82) is 0 Å². The number of rotatable bonds is 8. The molecule has 0 fully saturated rings. The molecule has 1 aromatic heterocycles. The van der Waals surface area contributed by atoms with Crippen LogP contribution < -0.4 is 20.3 Å². The van der Waals surface area contributed by atoms with Gasteiger partial charge >= 0.3 is 5.91 Å². The highest BCUT2D eigenvalue weighted by Gasteiger charge is 2.16. The van der Waals surface area contributed by atoms with Gasteiger partial charge in [0.25, 0.3) is 15.9 Å². The zero-order chi connectivity index (χ0) is 24.7. The number of ether oxygens (including phenoxy) is 1. The third kappa shape index (κ3) is 6.27. The summed E-state index contributed by atoms with van der Waals surface area (Å²) >= 11 is 0. The third-order valence-corrected chi connectivity index (χ3v) is 6.15. The minimum Gasteiger partial charge on any atom is -0.486 e. The van der Waals surface area contributed by atoms with Gasteiger partial charge in [-0.25, -0.2) is 8.42 Å². The van der Waals surface area contributed by atoms with E-state index in [1.807, 2.05) is 18.2 Å². The van der Waals surface area contributed by atoms with Crippen LogP contribution in [0.15, 0.2) is 106 Å². The summed E-state index contributed by atoms with van der Waals surface area (Å²) in [4.78, 5) is 24.6. The van der Waals surface area contributed by atoms with Crippen LogP contribution in [0.1, 0.15) is 26.7 Å². The predicted molar refractivity (Wildman–Crippen MR) is 128 cm³/mol. The number of para-hydroxylation sites is 2. The van der Waals surface area contributed by atoms with Crippen LogP contribution in [0.25, 0.3) is 0 Å². The molecule has 0 saturated carbocycles. The first-order chi connectivity index (χ1) is 16.9. The van der Waals surface area contributed by atoms with Gasteiger partial charge in [-0.2, -0.15) is 0 Å². The van der Waals surface area contributed by atoms with Crippen LogP contribution in [0.5, 0.6) is 5.75 Å². The van der Waals surface area contributed by atoms with E-state index in [0.717, 1.165) is 0 Å². The van der Waals surface area contributed by atoms with Gasteiger partial charge in [0.05, 0.1) is 4.90 Å². The molecule has 3 N–H and O–H groups in total. The van der Waals surface area contributed by atoms with Crippen molar-refractivity contribution in [2.24, 2.45) is 0 Å². The maximum absolute atomic E-state index is 12.5.